The Morgan fingerprint density at radius 2 is 1.41 bits per heavy atom. The molecule has 0 aliphatic carbocycles. The van der Waals surface area contributed by atoms with Crippen molar-refractivity contribution in [2.75, 3.05) is 13.1 Å². The minimum atomic E-state index is 0.231. The van der Waals surface area contributed by atoms with Gasteiger partial charge in [-0.2, -0.15) is 0 Å². The minimum Gasteiger partial charge on any atom is -0.371 e. The fourth-order valence-corrected chi connectivity index (χ4v) is 3.83. The number of ether oxygens (including phenoxy) is 1. The van der Waals surface area contributed by atoms with Gasteiger partial charge >= 0.3 is 0 Å². The van der Waals surface area contributed by atoms with E-state index in [2.05, 4.69) is 65.6 Å². The number of likely N-dealkylation sites (tertiary alicyclic amines) is 1. The zero-order valence-electron chi connectivity index (χ0n) is 14.9. The van der Waals surface area contributed by atoms with E-state index < -0.39 is 0 Å². The second-order valence-electron chi connectivity index (χ2n) is 6.86. The molecule has 1 aliphatic heterocycles. The Morgan fingerprint density at radius 1 is 0.815 bits per heavy atom. The lowest BCUT2D eigenvalue weighted by Crippen LogP contribution is -2.53. The lowest BCUT2D eigenvalue weighted by atomic mass is 9.94. The Kier molecular flexibility index (Phi) is 5.80. The number of hydrogen-bond acceptors (Lipinski definition) is 2. The Hall–Kier alpha value is -1.84. The maximum absolute atomic E-state index is 6.08. The molecule has 0 bridgehead atoms. The first-order chi connectivity index (χ1) is 13.2. The normalized spacial score (nSPS) is 15.1. The Bertz CT molecular complexity index is 840. The highest BCUT2D eigenvalue weighted by Gasteiger charge is 2.34. The van der Waals surface area contributed by atoms with E-state index in [1.54, 1.807) is 0 Å². The lowest BCUT2D eigenvalue weighted by molar-refractivity contribution is -0.0740. The van der Waals surface area contributed by atoms with E-state index >= 15 is 0 Å². The summed E-state index contributed by atoms with van der Waals surface area (Å²) in [6, 6.07) is 27.2. The third kappa shape index (κ3) is 4.36. The van der Waals surface area contributed by atoms with Crippen molar-refractivity contribution in [1.82, 2.24) is 4.90 Å². The molecular formula is C23H21Cl2NO. The van der Waals surface area contributed by atoms with Crippen LogP contribution in [0.4, 0.5) is 0 Å². The highest BCUT2D eigenvalue weighted by Crippen LogP contribution is 2.33. The molecule has 138 valence electrons. The van der Waals surface area contributed by atoms with Crippen molar-refractivity contribution >= 4 is 23.2 Å². The van der Waals surface area contributed by atoms with E-state index in [0.717, 1.165) is 18.7 Å². The number of rotatable bonds is 6. The summed E-state index contributed by atoms with van der Waals surface area (Å²) < 4.78 is 6.07. The second-order valence-corrected chi connectivity index (χ2v) is 7.67. The van der Waals surface area contributed by atoms with Gasteiger partial charge in [-0.15, -0.1) is 0 Å². The molecule has 27 heavy (non-hydrogen) atoms. The van der Waals surface area contributed by atoms with Gasteiger partial charge in [0.1, 0.15) is 0 Å². The standard InChI is InChI=1S/C23H21Cl2NO/c24-21-12-11-17(13-22(21)25)16-27-20-14-26(15-20)23(18-7-3-1-4-8-18)19-9-5-2-6-10-19/h1-13,20,23H,14-16H2. The first kappa shape index (κ1) is 18.5. The highest BCUT2D eigenvalue weighted by molar-refractivity contribution is 6.42. The fraction of sp³-hybridized carbons (Fsp3) is 0.217. The molecular weight excluding hydrogens is 377 g/mol. The summed E-state index contributed by atoms with van der Waals surface area (Å²) >= 11 is 12.1. The molecule has 1 aliphatic rings. The van der Waals surface area contributed by atoms with E-state index in [0.29, 0.717) is 16.7 Å². The number of hydrogen-bond donors (Lipinski definition) is 0. The van der Waals surface area contributed by atoms with Crippen LogP contribution in [0.3, 0.4) is 0 Å². The molecule has 0 spiro atoms. The Balaban J connectivity index is 1.40. The molecule has 0 aromatic heterocycles. The summed E-state index contributed by atoms with van der Waals surface area (Å²) in [5.41, 5.74) is 3.67. The molecule has 1 fully saturated rings. The predicted molar refractivity (Wildman–Crippen MR) is 111 cm³/mol. The smallest absolute Gasteiger partial charge is 0.0833 e. The van der Waals surface area contributed by atoms with Crippen LogP contribution in [0.15, 0.2) is 78.9 Å². The molecule has 0 radical (unpaired) electrons. The minimum absolute atomic E-state index is 0.231. The molecule has 0 amide bonds. The van der Waals surface area contributed by atoms with Crippen LogP contribution in [-0.2, 0) is 11.3 Å². The quantitative estimate of drug-likeness (QED) is 0.506. The fourth-order valence-electron chi connectivity index (χ4n) is 3.51. The monoisotopic (exact) mass is 397 g/mol. The summed E-state index contributed by atoms with van der Waals surface area (Å²) in [4.78, 5) is 2.46. The van der Waals surface area contributed by atoms with Crippen LogP contribution in [0.5, 0.6) is 0 Å². The summed E-state index contributed by atoms with van der Waals surface area (Å²) in [6.07, 6.45) is 0.231. The van der Waals surface area contributed by atoms with Gasteiger partial charge in [-0.05, 0) is 28.8 Å². The molecule has 0 unspecified atom stereocenters. The lowest BCUT2D eigenvalue weighted by Gasteiger charge is -2.44. The van der Waals surface area contributed by atoms with Gasteiger partial charge < -0.3 is 4.74 Å². The largest absolute Gasteiger partial charge is 0.371 e. The molecule has 2 nitrogen and oxygen atoms in total. The Morgan fingerprint density at radius 3 is 1.96 bits per heavy atom. The number of halogens is 2. The topological polar surface area (TPSA) is 12.5 Å². The van der Waals surface area contributed by atoms with Gasteiger partial charge in [0.15, 0.2) is 0 Å². The SMILES string of the molecule is Clc1ccc(COC2CN(C(c3ccccc3)c3ccccc3)C2)cc1Cl. The van der Waals surface area contributed by atoms with Crippen LogP contribution in [0.25, 0.3) is 0 Å². The van der Waals surface area contributed by atoms with Crippen LogP contribution in [-0.4, -0.2) is 24.1 Å². The number of benzene rings is 3. The van der Waals surface area contributed by atoms with Crippen molar-refractivity contribution in [3.05, 3.63) is 106 Å². The van der Waals surface area contributed by atoms with E-state index in [1.807, 2.05) is 18.2 Å². The van der Waals surface area contributed by atoms with Crippen molar-refractivity contribution in [3.8, 4) is 0 Å². The van der Waals surface area contributed by atoms with E-state index in [1.165, 1.54) is 11.1 Å². The Labute approximate surface area is 170 Å². The van der Waals surface area contributed by atoms with Crippen molar-refractivity contribution < 1.29 is 4.74 Å². The van der Waals surface area contributed by atoms with Gasteiger partial charge in [0, 0.05) is 13.1 Å². The summed E-state index contributed by atoms with van der Waals surface area (Å²) in [5, 5.41) is 1.14. The summed E-state index contributed by atoms with van der Waals surface area (Å²) in [7, 11) is 0. The molecule has 1 heterocycles. The average Bonchev–Trinajstić information content (AvgIpc) is 2.67. The maximum Gasteiger partial charge on any atom is 0.0833 e. The zero-order valence-corrected chi connectivity index (χ0v) is 16.4. The van der Waals surface area contributed by atoms with Gasteiger partial charge in [0.05, 0.1) is 28.8 Å². The molecule has 3 aromatic carbocycles. The molecule has 0 N–H and O–H groups in total. The average molecular weight is 398 g/mol. The van der Waals surface area contributed by atoms with Gasteiger partial charge in [0.25, 0.3) is 0 Å². The van der Waals surface area contributed by atoms with Crippen LogP contribution in [0, 0.1) is 0 Å². The van der Waals surface area contributed by atoms with Gasteiger partial charge in [-0.3, -0.25) is 4.90 Å². The zero-order chi connectivity index (χ0) is 18.6. The van der Waals surface area contributed by atoms with Crippen LogP contribution >= 0.6 is 23.2 Å². The van der Waals surface area contributed by atoms with Gasteiger partial charge in [-0.25, -0.2) is 0 Å². The molecule has 1 saturated heterocycles. The third-order valence-electron chi connectivity index (χ3n) is 4.94. The molecule has 0 atom stereocenters. The van der Waals surface area contributed by atoms with Crippen molar-refractivity contribution in [1.29, 1.82) is 0 Å². The third-order valence-corrected chi connectivity index (χ3v) is 5.68. The van der Waals surface area contributed by atoms with E-state index in [4.69, 9.17) is 27.9 Å². The second kappa shape index (κ2) is 8.45. The van der Waals surface area contributed by atoms with E-state index in [-0.39, 0.29) is 12.1 Å². The van der Waals surface area contributed by atoms with Crippen molar-refractivity contribution in [2.24, 2.45) is 0 Å². The summed E-state index contributed by atoms with van der Waals surface area (Å²) in [5.74, 6) is 0. The van der Waals surface area contributed by atoms with E-state index in [9.17, 15) is 0 Å². The van der Waals surface area contributed by atoms with Crippen molar-refractivity contribution in [3.63, 3.8) is 0 Å². The molecule has 0 saturated carbocycles. The van der Waals surface area contributed by atoms with Crippen LogP contribution in [0.2, 0.25) is 10.0 Å². The molecule has 3 aromatic rings. The molecule has 4 heteroatoms. The first-order valence-electron chi connectivity index (χ1n) is 9.10. The highest BCUT2D eigenvalue weighted by atomic mass is 35.5. The number of nitrogens with zero attached hydrogens (tertiary/aromatic N) is 1. The maximum atomic E-state index is 6.08. The van der Waals surface area contributed by atoms with Gasteiger partial charge in [0.2, 0.25) is 0 Å². The predicted octanol–water partition coefficient (Wildman–Crippen LogP) is 5.98. The van der Waals surface area contributed by atoms with Crippen LogP contribution < -0.4 is 0 Å². The first-order valence-corrected chi connectivity index (χ1v) is 9.86. The van der Waals surface area contributed by atoms with Crippen molar-refractivity contribution in [2.45, 2.75) is 18.8 Å². The van der Waals surface area contributed by atoms with Gasteiger partial charge in [-0.1, -0.05) is 89.9 Å². The summed E-state index contributed by atoms with van der Waals surface area (Å²) in [6.45, 7) is 2.38. The molecule has 4 rings (SSSR count). The van der Waals surface area contributed by atoms with Crippen LogP contribution in [0.1, 0.15) is 22.7 Å².